The topological polar surface area (TPSA) is 54.9 Å². The molecule has 0 aliphatic heterocycles. The number of amides is 1. The minimum Gasteiger partial charge on any atom is -0.321 e. The van der Waals surface area contributed by atoms with Crippen LogP contribution in [0.5, 0.6) is 0 Å². The van der Waals surface area contributed by atoms with E-state index in [1.54, 1.807) is 36.5 Å². The van der Waals surface area contributed by atoms with Crippen molar-refractivity contribution in [1.29, 1.82) is 0 Å². The van der Waals surface area contributed by atoms with E-state index in [0.29, 0.717) is 16.3 Å². The van der Waals surface area contributed by atoms with Crippen molar-refractivity contribution in [3.8, 4) is 0 Å². The summed E-state index contributed by atoms with van der Waals surface area (Å²) >= 11 is 17.9. The molecule has 0 spiro atoms. The van der Waals surface area contributed by atoms with Crippen molar-refractivity contribution in [3.05, 3.63) is 85.7 Å². The zero-order valence-electron chi connectivity index (χ0n) is 12.6. The van der Waals surface area contributed by atoms with Gasteiger partial charge in [0.25, 0.3) is 5.91 Å². The number of carbonyl (C=O) groups is 1. The van der Waals surface area contributed by atoms with Crippen LogP contribution in [0.1, 0.15) is 10.4 Å². The highest BCUT2D eigenvalue weighted by Crippen LogP contribution is 2.22. The largest absolute Gasteiger partial charge is 0.321 e. The molecular formula is C17H11Br2Cl2N3O. The van der Waals surface area contributed by atoms with Gasteiger partial charge in [0.1, 0.15) is 9.76 Å². The first-order valence-corrected chi connectivity index (χ1v) is 9.25. The molecule has 0 atom stereocenters. The van der Waals surface area contributed by atoms with Crippen LogP contribution in [-0.4, -0.2) is 15.9 Å². The Hall–Kier alpha value is -1.47. The number of nitrogens with zero attached hydrogens (tertiary/aromatic N) is 2. The van der Waals surface area contributed by atoms with Crippen LogP contribution < -0.4 is 5.32 Å². The Balaban J connectivity index is 0.000000236. The molecule has 2 heterocycles. The van der Waals surface area contributed by atoms with Gasteiger partial charge >= 0.3 is 0 Å². The van der Waals surface area contributed by atoms with Crippen LogP contribution in [0, 0.1) is 0 Å². The van der Waals surface area contributed by atoms with Gasteiger partial charge in [-0.2, -0.15) is 0 Å². The second-order valence-electron chi connectivity index (χ2n) is 4.57. The van der Waals surface area contributed by atoms with Crippen molar-refractivity contribution in [2.45, 2.75) is 0 Å². The molecule has 0 unspecified atom stereocenters. The van der Waals surface area contributed by atoms with Crippen LogP contribution >= 0.6 is 55.1 Å². The number of carbonyl (C=O) groups excluding carboxylic acids is 1. The van der Waals surface area contributed by atoms with Crippen LogP contribution in [0.4, 0.5) is 5.69 Å². The number of nitrogens with one attached hydrogen (secondary N) is 1. The molecule has 8 heteroatoms. The van der Waals surface area contributed by atoms with E-state index in [1.807, 2.05) is 18.2 Å². The third-order valence-electron chi connectivity index (χ3n) is 2.82. The molecule has 1 aromatic carbocycles. The lowest BCUT2D eigenvalue weighted by Gasteiger charge is -2.07. The number of anilines is 1. The number of rotatable bonds is 2. The van der Waals surface area contributed by atoms with Crippen molar-refractivity contribution in [3.63, 3.8) is 0 Å². The molecular weight excluding hydrogens is 493 g/mol. The van der Waals surface area contributed by atoms with E-state index in [1.165, 1.54) is 6.20 Å². The predicted octanol–water partition coefficient (Wildman–Crippen LogP) is 6.25. The maximum atomic E-state index is 11.9. The molecule has 2 aromatic heterocycles. The summed E-state index contributed by atoms with van der Waals surface area (Å²) in [5.41, 5.74) is 1.04. The Morgan fingerprint density at radius 2 is 1.72 bits per heavy atom. The van der Waals surface area contributed by atoms with E-state index >= 15 is 0 Å². The lowest BCUT2D eigenvalue weighted by molar-refractivity contribution is 0.102. The first kappa shape index (κ1) is 19.8. The van der Waals surface area contributed by atoms with Crippen molar-refractivity contribution in [1.82, 2.24) is 9.97 Å². The average molecular weight is 504 g/mol. The van der Waals surface area contributed by atoms with Gasteiger partial charge in [-0.25, -0.2) is 9.97 Å². The SMILES string of the molecule is Clc1ccc(Br)nc1.O=C(Nc1ccccc1Br)c1cccnc1Cl. The molecule has 0 radical (unpaired) electrons. The van der Waals surface area contributed by atoms with Crippen LogP contribution in [-0.2, 0) is 0 Å². The number of halogens is 4. The van der Waals surface area contributed by atoms with Gasteiger partial charge in [-0.05, 0) is 68.3 Å². The second kappa shape index (κ2) is 9.87. The van der Waals surface area contributed by atoms with Gasteiger partial charge in [-0.15, -0.1) is 0 Å². The van der Waals surface area contributed by atoms with E-state index in [9.17, 15) is 4.79 Å². The minimum absolute atomic E-state index is 0.192. The summed E-state index contributed by atoms with van der Waals surface area (Å²) in [5.74, 6) is -0.282. The predicted molar refractivity (Wildman–Crippen MR) is 108 cm³/mol. The molecule has 0 aliphatic rings. The van der Waals surface area contributed by atoms with E-state index in [-0.39, 0.29) is 11.1 Å². The molecule has 1 amide bonds. The van der Waals surface area contributed by atoms with Gasteiger partial charge in [-0.3, -0.25) is 4.79 Å². The monoisotopic (exact) mass is 501 g/mol. The molecule has 0 saturated carbocycles. The Morgan fingerprint density at radius 3 is 2.32 bits per heavy atom. The lowest BCUT2D eigenvalue weighted by Crippen LogP contribution is -2.13. The quantitative estimate of drug-likeness (QED) is 0.421. The van der Waals surface area contributed by atoms with Crippen LogP contribution in [0.15, 0.2) is 70.0 Å². The van der Waals surface area contributed by atoms with Gasteiger partial charge in [0, 0.05) is 16.9 Å². The Labute approximate surface area is 171 Å². The number of pyridine rings is 2. The fourth-order valence-electron chi connectivity index (χ4n) is 1.67. The molecule has 0 bridgehead atoms. The number of hydrogen-bond donors (Lipinski definition) is 1. The zero-order chi connectivity index (χ0) is 18.2. The summed E-state index contributed by atoms with van der Waals surface area (Å²) < 4.78 is 1.62. The van der Waals surface area contributed by atoms with Crippen molar-refractivity contribution in [2.75, 3.05) is 5.32 Å². The third-order valence-corrected chi connectivity index (χ3v) is 4.50. The van der Waals surface area contributed by atoms with E-state index < -0.39 is 0 Å². The normalized spacial score (nSPS) is 9.76. The molecule has 0 fully saturated rings. The second-order valence-corrected chi connectivity index (χ2v) is 7.04. The maximum absolute atomic E-state index is 11.9. The number of para-hydroxylation sites is 1. The van der Waals surface area contributed by atoms with Gasteiger partial charge in [-0.1, -0.05) is 35.3 Å². The fraction of sp³-hybridized carbons (Fsp3) is 0. The molecule has 0 aliphatic carbocycles. The summed E-state index contributed by atoms with van der Waals surface area (Å²) in [5, 5.41) is 3.61. The Bertz CT molecular complexity index is 840. The van der Waals surface area contributed by atoms with Gasteiger partial charge in [0.05, 0.1) is 16.3 Å². The Morgan fingerprint density at radius 1 is 0.960 bits per heavy atom. The molecule has 3 aromatic rings. The van der Waals surface area contributed by atoms with E-state index in [4.69, 9.17) is 23.2 Å². The summed E-state index contributed by atoms with van der Waals surface area (Å²) in [7, 11) is 0. The van der Waals surface area contributed by atoms with Gasteiger partial charge < -0.3 is 5.32 Å². The highest BCUT2D eigenvalue weighted by atomic mass is 79.9. The highest BCUT2D eigenvalue weighted by Gasteiger charge is 2.11. The highest BCUT2D eigenvalue weighted by molar-refractivity contribution is 9.10. The molecule has 0 saturated heterocycles. The van der Waals surface area contributed by atoms with E-state index in [2.05, 4.69) is 47.1 Å². The smallest absolute Gasteiger partial charge is 0.258 e. The Kier molecular flexibility index (Phi) is 7.84. The average Bonchev–Trinajstić information content (AvgIpc) is 2.60. The van der Waals surface area contributed by atoms with Crippen molar-refractivity contribution in [2.24, 2.45) is 0 Å². The first-order chi connectivity index (χ1) is 12.0. The van der Waals surface area contributed by atoms with Crippen LogP contribution in [0.2, 0.25) is 10.2 Å². The van der Waals surface area contributed by atoms with Crippen LogP contribution in [0.3, 0.4) is 0 Å². The molecule has 25 heavy (non-hydrogen) atoms. The fourth-order valence-corrected chi connectivity index (χ4v) is 2.60. The molecule has 3 rings (SSSR count). The number of benzene rings is 1. The third kappa shape index (κ3) is 6.40. The summed E-state index contributed by atoms with van der Waals surface area (Å²) in [6, 6.07) is 14.2. The minimum atomic E-state index is -0.282. The van der Waals surface area contributed by atoms with Crippen molar-refractivity contribution >= 4 is 66.7 Å². The zero-order valence-corrected chi connectivity index (χ0v) is 17.3. The molecule has 1 N–H and O–H groups in total. The lowest BCUT2D eigenvalue weighted by atomic mass is 10.2. The molecule has 128 valence electrons. The van der Waals surface area contributed by atoms with E-state index in [0.717, 1.165) is 9.08 Å². The first-order valence-electron chi connectivity index (χ1n) is 6.91. The summed E-state index contributed by atoms with van der Waals surface area (Å²) in [4.78, 5) is 19.7. The number of aromatic nitrogens is 2. The maximum Gasteiger partial charge on any atom is 0.258 e. The molecule has 4 nitrogen and oxygen atoms in total. The van der Waals surface area contributed by atoms with Gasteiger partial charge in [0.15, 0.2) is 0 Å². The summed E-state index contributed by atoms with van der Waals surface area (Å²) in [6.07, 6.45) is 3.13. The van der Waals surface area contributed by atoms with Crippen LogP contribution in [0.25, 0.3) is 0 Å². The summed E-state index contributed by atoms with van der Waals surface area (Å²) in [6.45, 7) is 0. The number of hydrogen-bond acceptors (Lipinski definition) is 3. The van der Waals surface area contributed by atoms with Crippen molar-refractivity contribution < 1.29 is 4.79 Å². The standard InChI is InChI=1S/C12H8BrClN2O.C5H3BrClN/c13-9-5-1-2-6-10(9)16-12(17)8-4-3-7-15-11(8)14;6-5-2-1-4(7)3-8-5/h1-7H,(H,16,17);1-3H. The van der Waals surface area contributed by atoms with Gasteiger partial charge in [0.2, 0.25) is 0 Å².